The number of unbranched alkanes of at least 4 members (excludes halogenated alkanes) is 47. The third-order valence-electron chi connectivity index (χ3n) is 17.0. The minimum atomic E-state index is -5.08. The van der Waals surface area contributed by atoms with Gasteiger partial charge in [-0.05, 0) is 44.9 Å². The summed E-state index contributed by atoms with van der Waals surface area (Å²) in [5.74, 6) is -0.223. The van der Waals surface area contributed by atoms with Gasteiger partial charge in [-0.25, -0.2) is 4.18 Å². The van der Waals surface area contributed by atoms with E-state index in [1.165, 1.54) is 270 Å². The van der Waals surface area contributed by atoms with Crippen molar-refractivity contribution in [2.45, 2.75) is 397 Å². The second-order valence-corrected chi connectivity index (χ2v) is 25.9. The van der Waals surface area contributed by atoms with E-state index in [0.29, 0.717) is 12.8 Å². The first-order chi connectivity index (χ1) is 40.0. The van der Waals surface area contributed by atoms with E-state index in [9.17, 15) is 38.2 Å². The smallest absolute Gasteiger partial charge is 0.394 e. The van der Waals surface area contributed by atoms with E-state index >= 15 is 0 Å². The number of aliphatic hydroxyl groups excluding tert-OH is 4. The highest BCUT2D eigenvalue weighted by molar-refractivity contribution is 7.80. The highest BCUT2D eigenvalue weighted by Crippen LogP contribution is 2.27. The Bertz CT molecular complexity index is 1530. The summed E-state index contributed by atoms with van der Waals surface area (Å²) in [6.07, 6.45) is 66.4. The second kappa shape index (κ2) is 58.6. The van der Waals surface area contributed by atoms with Crippen molar-refractivity contribution < 1.29 is 51.8 Å². The molecule has 0 aliphatic carbocycles. The monoisotopic (exact) mass is 1180 g/mol. The lowest BCUT2D eigenvalue weighted by atomic mass is 9.99. The molecular formula is C69H133NO11S. The molecule has 1 heterocycles. The van der Waals surface area contributed by atoms with Crippen LogP contribution in [0.15, 0.2) is 24.3 Å². The first-order valence-electron chi connectivity index (χ1n) is 35.2. The molecule has 1 amide bonds. The Morgan fingerprint density at radius 1 is 0.488 bits per heavy atom. The quantitative estimate of drug-likeness (QED) is 0.0193. The molecule has 1 aliphatic heterocycles. The minimum absolute atomic E-state index is 0.223. The van der Waals surface area contributed by atoms with Crippen molar-refractivity contribution >= 4 is 16.3 Å². The van der Waals surface area contributed by atoms with Crippen molar-refractivity contribution in [1.82, 2.24) is 5.32 Å². The van der Waals surface area contributed by atoms with E-state index in [1.807, 2.05) is 0 Å². The normalized spacial score (nSPS) is 18.5. The van der Waals surface area contributed by atoms with Crippen molar-refractivity contribution in [2.24, 2.45) is 0 Å². The number of nitrogens with one attached hydrogen (secondary N) is 1. The molecule has 486 valence electrons. The Kier molecular flexibility index (Phi) is 56.2. The molecule has 1 saturated heterocycles. The summed E-state index contributed by atoms with van der Waals surface area (Å²) in [7, 11) is -5.08. The number of allylic oxidation sites excluding steroid dienone is 4. The van der Waals surface area contributed by atoms with Crippen LogP contribution in [0.25, 0.3) is 0 Å². The molecule has 13 heteroatoms. The summed E-state index contributed by atoms with van der Waals surface area (Å²) in [6, 6.07) is -0.858. The molecule has 7 unspecified atom stereocenters. The van der Waals surface area contributed by atoms with Crippen molar-refractivity contribution in [3.63, 3.8) is 0 Å². The molecule has 12 nitrogen and oxygen atoms in total. The Labute approximate surface area is 505 Å². The van der Waals surface area contributed by atoms with Crippen LogP contribution in [0.3, 0.4) is 0 Å². The van der Waals surface area contributed by atoms with Gasteiger partial charge in [0.05, 0.1) is 25.4 Å². The maximum Gasteiger partial charge on any atom is 0.397 e. The molecule has 0 aromatic rings. The van der Waals surface area contributed by atoms with Crippen LogP contribution in [0.4, 0.5) is 0 Å². The molecule has 0 saturated carbocycles. The summed E-state index contributed by atoms with van der Waals surface area (Å²) < 4.78 is 48.1. The molecular weight excluding hydrogens is 1050 g/mol. The lowest BCUT2D eigenvalue weighted by Crippen LogP contribution is -2.61. The maximum absolute atomic E-state index is 13.2. The molecule has 0 radical (unpaired) electrons. The van der Waals surface area contributed by atoms with Crippen LogP contribution in [0.5, 0.6) is 0 Å². The molecule has 6 N–H and O–H groups in total. The first kappa shape index (κ1) is 78.6. The zero-order valence-electron chi connectivity index (χ0n) is 53.3. The zero-order valence-corrected chi connectivity index (χ0v) is 54.2. The predicted molar refractivity (Wildman–Crippen MR) is 342 cm³/mol. The van der Waals surface area contributed by atoms with Crippen molar-refractivity contribution in [1.29, 1.82) is 0 Å². The molecule has 1 rings (SSSR count). The maximum atomic E-state index is 13.2. The third-order valence-corrected chi connectivity index (χ3v) is 17.5. The molecule has 7 atom stereocenters. The van der Waals surface area contributed by atoms with Gasteiger partial charge in [-0.15, -0.1) is 0 Å². The number of hydrogen-bond donors (Lipinski definition) is 6. The third kappa shape index (κ3) is 49.7. The molecule has 0 bridgehead atoms. The van der Waals surface area contributed by atoms with Gasteiger partial charge in [0.15, 0.2) is 6.29 Å². The SMILES string of the molecule is CCCCCCCCCCCCC/C=C\C/C=C\CCCCCCCCCCCCCCCCCCCC(=O)NC(COC1OC(CO)C(O)C(OS(=O)(=O)O)C1O)C(O)CCCCCCCCCCCCCCCCCCCCCC. The van der Waals surface area contributed by atoms with Crippen LogP contribution in [-0.4, -0.2) is 95.4 Å². The van der Waals surface area contributed by atoms with E-state index in [-0.39, 0.29) is 12.5 Å². The highest BCUT2D eigenvalue weighted by Gasteiger charge is 2.48. The predicted octanol–water partition coefficient (Wildman–Crippen LogP) is 18.3. The van der Waals surface area contributed by atoms with Gasteiger partial charge in [-0.1, -0.05) is 327 Å². The second-order valence-electron chi connectivity index (χ2n) is 24.8. The highest BCUT2D eigenvalue weighted by atomic mass is 32.3. The number of rotatable bonds is 63. The zero-order chi connectivity index (χ0) is 59.7. The molecule has 82 heavy (non-hydrogen) atoms. The van der Waals surface area contributed by atoms with Gasteiger partial charge in [0, 0.05) is 6.42 Å². The fourth-order valence-electron chi connectivity index (χ4n) is 11.6. The van der Waals surface area contributed by atoms with Gasteiger partial charge >= 0.3 is 10.4 Å². The van der Waals surface area contributed by atoms with E-state index in [4.69, 9.17) is 9.47 Å². The lowest BCUT2D eigenvalue weighted by Gasteiger charge is -2.41. The van der Waals surface area contributed by atoms with Gasteiger partial charge in [-0.3, -0.25) is 9.35 Å². The van der Waals surface area contributed by atoms with E-state index in [0.717, 1.165) is 57.8 Å². The fraction of sp³-hybridized carbons (Fsp3) is 0.928. The minimum Gasteiger partial charge on any atom is -0.394 e. The lowest BCUT2D eigenvalue weighted by molar-refractivity contribution is -0.298. The first-order valence-corrected chi connectivity index (χ1v) is 36.6. The summed E-state index contributed by atoms with van der Waals surface area (Å²) in [6.45, 7) is 3.52. The molecule has 0 aromatic heterocycles. The summed E-state index contributed by atoms with van der Waals surface area (Å²) >= 11 is 0. The van der Waals surface area contributed by atoms with E-state index < -0.39 is 59.9 Å². The van der Waals surface area contributed by atoms with Crippen molar-refractivity contribution in [3.8, 4) is 0 Å². The van der Waals surface area contributed by atoms with Crippen LogP contribution in [0, 0.1) is 0 Å². The fourth-order valence-corrected chi connectivity index (χ4v) is 12.1. The number of carbonyl (C=O) groups is 1. The van der Waals surface area contributed by atoms with Crippen LogP contribution >= 0.6 is 0 Å². The standard InChI is InChI=1S/C69H133NO11S/c1-3-5-7-9-11-13-15-17-19-21-23-25-26-27-28-29-30-31-32-33-34-35-36-37-38-39-41-43-45-47-49-51-53-55-57-59-65(73)70-62(61-79-69-67(75)68(81-82(76,77)78)66(74)64(60-71)80-69)63(72)58-56-54-52-50-48-46-44-42-40-24-22-20-18-16-14-12-10-8-6-4-2/h26-27,29-30,62-64,66-69,71-72,74-75H,3-25,28,31-61H2,1-2H3,(H,70,73)(H,76,77,78)/b27-26-,30-29-. The Balaban J connectivity index is 2.20. The number of carbonyl (C=O) groups excluding carboxylic acids is 1. The van der Waals surface area contributed by atoms with Gasteiger partial charge in [-0.2, -0.15) is 8.42 Å². The van der Waals surface area contributed by atoms with Gasteiger partial charge < -0.3 is 35.2 Å². The number of hydrogen-bond acceptors (Lipinski definition) is 10. The Morgan fingerprint density at radius 2 is 0.817 bits per heavy atom. The molecule has 0 spiro atoms. The van der Waals surface area contributed by atoms with Crippen molar-refractivity contribution in [2.75, 3.05) is 13.2 Å². The average molecular weight is 1180 g/mol. The van der Waals surface area contributed by atoms with E-state index in [2.05, 4.69) is 47.7 Å². The van der Waals surface area contributed by atoms with Crippen LogP contribution in [0.2, 0.25) is 0 Å². The molecule has 1 aliphatic rings. The largest absolute Gasteiger partial charge is 0.397 e. The number of amides is 1. The topological polar surface area (TPSA) is 192 Å². The molecule has 1 fully saturated rings. The molecule has 0 aromatic carbocycles. The van der Waals surface area contributed by atoms with E-state index in [1.54, 1.807) is 0 Å². The van der Waals surface area contributed by atoms with Gasteiger partial charge in [0.2, 0.25) is 5.91 Å². The Morgan fingerprint density at radius 3 is 1.16 bits per heavy atom. The number of ether oxygens (including phenoxy) is 2. The van der Waals surface area contributed by atoms with Gasteiger partial charge in [0.1, 0.15) is 24.4 Å². The van der Waals surface area contributed by atoms with Gasteiger partial charge in [0.25, 0.3) is 0 Å². The summed E-state index contributed by atoms with van der Waals surface area (Å²) in [5.41, 5.74) is 0. The number of aliphatic hydroxyl groups is 4. The van der Waals surface area contributed by atoms with Crippen molar-refractivity contribution in [3.05, 3.63) is 24.3 Å². The average Bonchev–Trinajstić information content (AvgIpc) is 3.62. The summed E-state index contributed by atoms with van der Waals surface area (Å²) in [5, 5.41) is 45.3. The van der Waals surface area contributed by atoms with Crippen LogP contribution < -0.4 is 5.32 Å². The summed E-state index contributed by atoms with van der Waals surface area (Å²) in [4.78, 5) is 13.2. The van der Waals surface area contributed by atoms with Crippen LogP contribution in [0.1, 0.15) is 354 Å². The van der Waals surface area contributed by atoms with Crippen LogP contribution in [-0.2, 0) is 28.9 Å². The Hall–Kier alpha value is -1.42.